The Morgan fingerprint density at radius 3 is 0.771 bits per heavy atom. The van der Waals surface area contributed by atoms with Crippen molar-refractivity contribution in [3.8, 4) is 0 Å². The Labute approximate surface area is 174 Å². The fraction of sp³-hybridized carbons (Fsp3) is 1.00. The van der Waals surface area contributed by atoms with E-state index < -0.39 is 60.8 Å². The lowest BCUT2D eigenvalue weighted by molar-refractivity contribution is -0.578. The molecule has 1 N–H and O–H groups in total. The van der Waals surface area contributed by atoms with E-state index in [2.05, 4.69) is 0 Å². The van der Waals surface area contributed by atoms with Crippen LogP contribution in [0.15, 0.2) is 0 Å². The lowest BCUT2D eigenvalue weighted by Gasteiger charge is -2.37. The molecule has 0 aliphatic rings. The van der Waals surface area contributed by atoms with Gasteiger partial charge in [0.1, 0.15) is 0 Å². The predicted molar refractivity (Wildman–Crippen MR) is 56.1 cm³/mol. The minimum Gasteiger partial charge on any atom is -0.329 e. The minimum atomic E-state index is -8.26. The minimum absolute atomic E-state index is 1.05. The van der Waals surface area contributed by atoms with Crippen LogP contribution in [-0.2, 0) is 14.2 Å². The van der Waals surface area contributed by atoms with Crippen molar-refractivity contribution >= 4 is 0 Å². The average Bonchev–Trinajstić information content (AvgIpc) is 2.48. The molecule has 0 aromatic heterocycles. The molecule has 35 heavy (non-hydrogen) atoms. The van der Waals surface area contributed by atoms with Gasteiger partial charge in [0.25, 0.3) is 0 Å². The Morgan fingerprint density at radius 2 is 0.543 bits per heavy atom. The van der Waals surface area contributed by atoms with Gasteiger partial charge >= 0.3 is 60.8 Å². The first-order valence-corrected chi connectivity index (χ1v) is 6.92. The standard InChI is InChI=1S/C10HF21O4/c11-1(12,3(15,16)17)2(13,14)5(20,21)33-7(24,25)9(28,29)35-10(30,31)8(26,27)34-6(22,23)4(18,19)32/h32H. The summed E-state index contributed by atoms with van der Waals surface area (Å²) >= 11 is 0. The number of hydrogen-bond acceptors (Lipinski definition) is 4. The second-order valence-corrected chi connectivity index (χ2v) is 5.59. The van der Waals surface area contributed by atoms with E-state index >= 15 is 0 Å². The molecule has 0 fully saturated rings. The van der Waals surface area contributed by atoms with Gasteiger partial charge in [-0.2, -0.15) is 92.2 Å². The Hall–Kier alpha value is -1.63. The maximum atomic E-state index is 13.0. The van der Waals surface area contributed by atoms with E-state index in [-0.39, 0.29) is 0 Å². The molecule has 0 heterocycles. The Kier molecular flexibility index (Phi) is 8.06. The van der Waals surface area contributed by atoms with Crippen molar-refractivity contribution in [2.75, 3.05) is 0 Å². The van der Waals surface area contributed by atoms with Crippen molar-refractivity contribution in [3.63, 3.8) is 0 Å². The lowest BCUT2D eigenvalue weighted by Crippen LogP contribution is -2.65. The molecular weight excluding hydrogens is 583 g/mol. The molecule has 0 aromatic carbocycles. The smallest absolute Gasteiger partial charge is 0.329 e. The van der Waals surface area contributed by atoms with Gasteiger partial charge in [-0.05, 0) is 0 Å². The molecule has 0 unspecified atom stereocenters. The van der Waals surface area contributed by atoms with Gasteiger partial charge in [0.2, 0.25) is 0 Å². The van der Waals surface area contributed by atoms with Crippen molar-refractivity contribution in [2.45, 2.75) is 60.8 Å². The Bertz CT molecular complexity index is 748. The molecule has 0 saturated carbocycles. The van der Waals surface area contributed by atoms with E-state index in [1.54, 1.807) is 0 Å². The van der Waals surface area contributed by atoms with Gasteiger partial charge in [-0.25, -0.2) is 14.2 Å². The highest BCUT2D eigenvalue weighted by Gasteiger charge is 2.85. The van der Waals surface area contributed by atoms with Crippen LogP contribution in [-0.4, -0.2) is 65.9 Å². The second-order valence-electron chi connectivity index (χ2n) is 5.59. The van der Waals surface area contributed by atoms with E-state index in [1.165, 1.54) is 4.74 Å². The van der Waals surface area contributed by atoms with Crippen LogP contribution in [0.4, 0.5) is 92.2 Å². The van der Waals surface area contributed by atoms with E-state index in [9.17, 15) is 92.2 Å². The summed E-state index contributed by atoms with van der Waals surface area (Å²) in [7, 11) is 0. The number of aliphatic hydroxyl groups is 1. The third-order valence-corrected chi connectivity index (χ3v) is 2.91. The first-order valence-electron chi connectivity index (χ1n) is 6.92. The van der Waals surface area contributed by atoms with E-state index in [1.807, 2.05) is 0 Å². The summed E-state index contributed by atoms with van der Waals surface area (Å²) in [6.07, 6.45) is -61.4. The number of rotatable bonds is 11. The fourth-order valence-corrected chi connectivity index (χ4v) is 1.21. The Morgan fingerprint density at radius 1 is 0.314 bits per heavy atom. The average molecular weight is 584 g/mol. The van der Waals surface area contributed by atoms with Crippen molar-refractivity contribution < 1.29 is 112 Å². The molecule has 0 radical (unpaired) electrons. The van der Waals surface area contributed by atoms with Gasteiger partial charge in [-0.1, -0.05) is 0 Å². The number of alkyl halides is 21. The van der Waals surface area contributed by atoms with Crippen molar-refractivity contribution in [1.82, 2.24) is 0 Å². The highest BCUT2D eigenvalue weighted by molar-refractivity contribution is 4.97. The van der Waals surface area contributed by atoms with Crippen LogP contribution in [0.25, 0.3) is 0 Å². The summed E-state index contributed by atoms with van der Waals surface area (Å²) in [5.41, 5.74) is 0. The quantitative estimate of drug-likeness (QED) is 0.303. The van der Waals surface area contributed by atoms with Crippen molar-refractivity contribution in [2.24, 2.45) is 0 Å². The zero-order valence-electron chi connectivity index (χ0n) is 14.6. The van der Waals surface area contributed by atoms with Crippen LogP contribution in [0, 0.1) is 0 Å². The third kappa shape index (κ3) is 6.03. The van der Waals surface area contributed by atoms with Gasteiger partial charge in [0.15, 0.2) is 0 Å². The van der Waals surface area contributed by atoms with Crippen LogP contribution in [0.2, 0.25) is 0 Å². The monoisotopic (exact) mass is 584 g/mol. The van der Waals surface area contributed by atoms with Crippen LogP contribution in [0.1, 0.15) is 0 Å². The predicted octanol–water partition coefficient (Wildman–Crippen LogP) is 6.01. The van der Waals surface area contributed by atoms with Crippen LogP contribution < -0.4 is 0 Å². The van der Waals surface area contributed by atoms with Crippen LogP contribution in [0.3, 0.4) is 0 Å². The first-order chi connectivity index (χ1) is 14.6. The molecule has 0 aliphatic carbocycles. The van der Waals surface area contributed by atoms with Crippen molar-refractivity contribution in [3.05, 3.63) is 0 Å². The molecule has 0 atom stereocenters. The molecule has 4 nitrogen and oxygen atoms in total. The first kappa shape index (κ1) is 33.4. The topological polar surface area (TPSA) is 47.9 Å². The molecule has 0 rings (SSSR count). The largest absolute Gasteiger partial charge is 0.460 e. The van der Waals surface area contributed by atoms with E-state index in [4.69, 9.17) is 5.11 Å². The highest BCUT2D eigenvalue weighted by Crippen LogP contribution is 2.56. The van der Waals surface area contributed by atoms with E-state index in [0.717, 1.165) is 9.47 Å². The van der Waals surface area contributed by atoms with Gasteiger partial charge in [-0.15, -0.1) is 0 Å². The van der Waals surface area contributed by atoms with Crippen molar-refractivity contribution in [1.29, 1.82) is 0 Å². The molecule has 25 heteroatoms. The molecule has 0 bridgehead atoms. The number of ether oxygens (including phenoxy) is 3. The van der Waals surface area contributed by atoms with Crippen LogP contribution in [0.5, 0.6) is 0 Å². The summed E-state index contributed by atoms with van der Waals surface area (Å²) < 4.78 is 267. The molecular formula is C10HF21O4. The molecule has 212 valence electrons. The normalized spacial score (nSPS) is 16.6. The molecule has 0 aromatic rings. The second kappa shape index (κ2) is 8.46. The number of halogens is 21. The Balaban J connectivity index is 6.14. The zero-order valence-corrected chi connectivity index (χ0v) is 14.6. The SMILES string of the molecule is OC(F)(F)C(F)(F)OC(F)(F)C(F)(F)OC(F)(F)C(F)(F)OC(F)(F)C(F)(F)C(F)(F)C(F)(F)F. The highest BCUT2D eigenvalue weighted by atomic mass is 19.4. The van der Waals surface area contributed by atoms with Gasteiger partial charge < -0.3 is 5.11 Å². The van der Waals surface area contributed by atoms with Gasteiger partial charge in [0.05, 0.1) is 0 Å². The third-order valence-electron chi connectivity index (χ3n) is 2.91. The molecule has 0 spiro atoms. The summed E-state index contributed by atoms with van der Waals surface area (Å²) in [5.74, 6) is -16.3. The maximum absolute atomic E-state index is 13.0. The number of hydrogen-bond donors (Lipinski definition) is 1. The summed E-state index contributed by atoms with van der Waals surface area (Å²) in [6.45, 7) is 0. The fourth-order valence-electron chi connectivity index (χ4n) is 1.21. The zero-order chi connectivity index (χ0) is 29.1. The lowest BCUT2D eigenvalue weighted by atomic mass is 10.1. The molecule has 0 amide bonds. The summed E-state index contributed by atoms with van der Waals surface area (Å²) in [4.78, 5) is 0. The van der Waals surface area contributed by atoms with Gasteiger partial charge in [0, 0.05) is 0 Å². The summed E-state index contributed by atoms with van der Waals surface area (Å²) in [5, 5.41) is 7.45. The molecule has 0 aliphatic heterocycles. The van der Waals surface area contributed by atoms with Gasteiger partial charge in [-0.3, -0.25) is 0 Å². The van der Waals surface area contributed by atoms with E-state index in [0.29, 0.717) is 0 Å². The molecule has 0 saturated heterocycles. The summed E-state index contributed by atoms with van der Waals surface area (Å²) in [6, 6.07) is 0. The maximum Gasteiger partial charge on any atom is 0.460 e. The van der Waals surface area contributed by atoms with Crippen LogP contribution >= 0.6 is 0 Å².